The Labute approximate surface area is 207 Å². The van der Waals surface area contributed by atoms with Gasteiger partial charge in [-0.1, -0.05) is 55.5 Å². The van der Waals surface area contributed by atoms with Gasteiger partial charge in [0, 0.05) is 19.6 Å². The predicted octanol–water partition coefficient (Wildman–Crippen LogP) is 5.16. The molecule has 0 bridgehead atoms. The van der Waals surface area contributed by atoms with Gasteiger partial charge in [-0.15, -0.1) is 0 Å². The molecule has 1 heterocycles. The second kappa shape index (κ2) is 12.3. The minimum Gasteiger partial charge on any atom is -0.494 e. The highest BCUT2D eigenvalue weighted by molar-refractivity contribution is 5.70. The summed E-state index contributed by atoms with van der Waals surface area (Å²) < 4.78 is 17.4. The summed E-state index contributed by atoms with van der Waals surface area (Å²) in [6.45, 7) is 6.60. The van der Waals surface area contributed by atoms with Gasteiger partial charge in [0.05, 0.1) is 13.0 Å². The summed E-state index contributed by atoms with van der Waals surface area (Å²) in [5.41, 5.74) is 3.26. The first-order chi connectivity index (χ1) is 17.1. The third kappa shape index (κ3) is 7.49. The van der Waals surface area contributed by atoms with Gasteiger partial charge in [0.2, 0.25) is 0 Å². The van der Waals surface area contributed by atoms with Crippen LogP contribution in [0.15, 0.2) is 72.8 Å². The fourth-order valence-electron chi connectivity index (χ4n) is 4.35. The Hall–Kier alpha value is -3.51. The molecule has 1 atom stereocenters. The molecule has 6 nitrogen and oxygen atoms in total. The molecule has 0 aromatic heterocycles. The van der Waals surface area contributed by atoms with E-state index in [-0.39, 0.29) is 6.42 Å². The van der Waals surface area contributed by atoms with Crippen molar-refractivity contribution in [2.75, 3.05) is 32.9 Å². The summed E-state index contributed by atoms with van der Waals surface area (Å²) in [7, 11) is 0. The number of benzene rings is 3. The van der Waals surface area contributed by atoms with Crippen LogP contribution in [0.5, 0.6) is 17.2 Å². The van der Waals surface area contributed by atoms with Gasteiger partial charge in [0.25, 0.3) is 0 Å². The Morgan fingerprint density at radius 3 is 2.57 bits per heavy atom. The van der Waals surface area contributed by atoms with E-state index >= 15 is 0 Å². The molecular formula is C29H33NO5. The lowest BCUT2D eigenvalue weighted by atomic mass is 10.0. The molecule has 1 aliphatic rings. The molecule has 0 spiro atoms. The molecule has 1 N–H and O–H groups in total. The third-order valence-corrected chi connectivity index (χ3v) is 6.05. The number of rotatable bonds is 12. The van der Waals surface area contributed by atoms with Crippen molar-refractivity contribution in [2.45, 2.75) is 32.2 Å². The summed E-state index contributed by atoms with van der Waals surface area (Å²) in [6.07, 6.45) is 0.854. The maximum Gasteiger partial charge on any atom is 0.307 e. The van der Waals surface area contributed by atoms with Gasteiger partial charge in [-0.05, 0) is 53.3 Å². The molecule has 0 fully saturated rings. The maximum absolute atomic E-state index is 11.0. The highest BCUT2D eigenvalue weighted by Gasteiger charge is 2.16. The first-order valence-electron chi connectivity index (χ1n) is 12.2. The molecule has 0 radical (unpaired) electrons. The zero-order chi connectivity index (χ0) is 24.5. The van der Waals surface area contributed by atoms with E-state index in [1.54, 1.807) is 12.1 Å². The van der Waals surface area contributed by atoms with E-state index in [9.17, 15) is 4.79 Å². The van der Waals surface area contributed by atoms with Gasteiger partial charge >= 0.3 is 5.97 Å². The normalized spacial score (nSPS) is 13.4. The molecule has 1 aliphatic heterocycles. The number of nitrogens with zero attached hydrogens (tertiary/aromatic N) is 1. The maximum atomic E-state index is 11.0. The van der Waals surface area contributed by atoms with Crippen LogP contribution in [-0.2, 0) is 17.8 Å². The first-order valence-corrected chi connectivity index (χ1v) is 12.2. The number of aliphatic carboxylic acids is 1. The second-order valence-electron chi connectivity index (χ2n) is 8.94. The Kier molecular flexibility index (Phi) is 8.63. The number of hydrogen-bond donors (Lipinski definition) is 1. The molecule has 0 saturated carbocycles. The number of carboxylic acid groups (broad SMARTS) is 1. The van der Waals surface area contributed by atoms with E-state index in [0.717, 1.165) is 43.1 Å². The van der Waals surface area contributed by atoms with Crippen LogP contribution in [0.4, 0.5) is 0 Å². The fraction of sp³-hybridized carbons (Fsp3) is 0.345. The molecule has 4 rings (SSSR count). The smallest absolute Gasteiger partial charge is 0.307 e. The highest BCUT2D eigenvalue weighted by Crippen LogP contribution is 2.31. The van der Waals surface area contributed by atoms with Crippen molar-refractivity contribution in [2.24, 2.45) is 0 Å². The van der Waals surface area contributed by atoms with E-state index in [1.807, 2.05) is 24.3 Å². The van der Waals surface area contributed by atoms with E-state index in [4.69, 9.17) is 19.3 Å². The molecule has 184 valence electrons. The topological polar surface area (TPSA) is 68.2 Å². The van der Waals surface area contributed by atoms with Crippen LogP contribution in [-0.4, -0.2) is 48.9 Å². The van der Waals surface area contributed by atoms with E-state index in [1.165, 1.54) is 11.1 Å². The van der Waals surface area contributed by atoms with Crippen LogP contribution in [0.2, 0.25) is 0 Å². The number of ether oxygens (including phenoxy) is 3. The molecule has 0 aliphatic carbocycles. The molecule has 1 unspecified atom stereocenters. The number of hydrogen-bond acceptors (Lipinski definition) is 5. The lowest BCUT2D eigenvalue weighted by Crippen LogP contribution is -2.29. The van der Waals surface area contributed by atoms with Crippen LogP contribution >= 0.6 is 0 Å². The van der Waals surface area contributed by atoms with E-state index in [0.29, 0.717) is 31.5 Å². The van der Waals surface area contributed by atoms with Crippen molar-refractivity contribution >= 4 is 5.97 Å². The van der Waals surface area contributed by atoms with Gasteiger partial charge in [-0.25, -0.2) is 0 Å². The third-order valence-electron chi connectivity index (χ3n) is 6.05. The molecule has 0 amide bonds. The molecule has 6 heteroatoms. The van der Waals surface area contributed by atoms with Crippen molar-refractivity contribution < 1.29 is 24.1 Å². The highest BCUT2D eigenvalue weighted by atomic mass is 16.6. The standard InChI is InChI=1S/C29H33NO5/c1-22(25-8-3-2-4-9-25)20-30(21-24-11-12-27-28(18-24)35-16-15-34-27)13-6-14-33-26-10-5-7-23(17-26)19-29(31)32/h2-5,7-12,17-18,22H,6,13-16,19-21H2,1H3,(H,31,32). The average Bonchev–Trinajstić information content (AvgIpc) is 2.87. The molecule has 35 heavy (non-hydrogen) atoms. The number of carboxylic acids is 1. The summed E-state index contributed by atoms with van der Waals surface area (Å²) >= 11 is 0. The quantitative estimate of drug-likeness (QED) is 0.365. The zero-order valence-corrected chi connectivity index (χ0v) is 20.2. The Morgan fingerprint density at radius 1 is 0.971 bits per heavy atom. The van der Waals surface area contributed by atoms with Crippen LogP contribution in [0.1, 0.15) is 36.0 Å². The fourth-order valence-corrected chi connectivity index (χ4v) is 4.35. The van der Waals surface area contributed by atoms with Gasteiger partial charge in [0.1, 0.15) is 19.0 Å². The Balaban J connectivity index is 1.37. The van der Waals surface area contributed by atoms with Gasteiger partial charge < -0.3 is 19.3 Å². The van der Waals surface area contributed by atoms with E-state index < -0.39 is 5.97 Å². The number of carbonyl (C=O) groups is 1. The minimum atomic E-state index is -0.843. The van der Waals surface area contributed by atoms with Crippen LogP contribution in [0, 0.1) is 0 Å². The van der Waals surface area contributed by atoms with Crippen molar-refractivity contribution in [3.8, 4) is 17.2 Å². The van der Waals surface area contributed by atoms with Crippen LogP contribution in [0.25, 0.3) is 0 Å². The monoisotopic (exact) mass is 475 g/mol. The second-order valence-corrected chi connectivity index (χ2v) is 8.94. The van der Waals surface area contributed by atoms with Crippen molar-refractivity contribution in [3.63, 3.8) is 0 Å². The molecule has 3 aromatic rings. The predicted molar refractivity (Wildman–Crippen MR) is 135 cm³/mol. The summed E-state index contributed by atoms with van der Waals surface area (Å²) in [5, 5.41) is 9.01. The lowest BCUT2D eigenvalue weighted by Gasteiger charge is -2.27. The van der Waals surface area contributed by atoms with Gasteiger partial charge in [-0.3, -0.25) is 9.69 Å². The zero-order valence-electron chi connectivity index (χ0n) is 20.2. The summed E-state index contributed by atoms with van der Waals surface area (Å²) in [6, 6.07) is 24.1. The van der Waals surface area contributed by atoms with Gasteiger partial charge in [-0.2, -0.15) is 0 Å². The van der Waals surface area contributed by atoms with Crippen molar-refractivity contribution in [1.82, 2.24) is 4.90 Å². The van der Waals surface area contributed by atoms with E-state index in [2.05, 4.69) is 48.2 Å². The van der Waals surface area contributed by atoms with Crippen molar-refractivity contribution in [1.29, 1.82) is 0 Å². The summed E-state index contributed by atoms with van der Waals surface area (Å²) in [5.74, 6) is 1.88. The Morgan fingerprint density at radius 2 is 1.77 bits per heavy atom. The molecular weight excluding hydrogens is 442 g/mol. The SMILES string of the molecule is CC(CN(CCCOc1cccc(CC(=O)O)c1)Cc1ccc2c(c1)OCCO2)c1ccccc1. The van der Waals surface area contributed by atoms with Crippen LogP contribution in [0.3, 0.4) is 0 Å². The van der Waals surface area contributed by atoms with Crippen LogP contribution < -0.4 is 14.2 Å². The first kappa shape index (κ1) is 24.6. The average molecular weight is 476 g/mol. The number of fused-ring (bicyclic) bond motifs is 1. The molecule has 3 aromatic carbocycles. The lowest BCUT2D eigenvalue weighted by molar-refractivity contribution is -0.136. The molecule has 0 saturated heterocycles. The summed E-state index contributed by atoms with van der Waals surface area (Å²) in [4.78, 5) is 13.4. The largest absolute Gasteiger partial charge is 0.494 e. The Bertz CT molecular complexity index is 1100. The minimum absolute atomic E-state index is 0.00210. The van der Waals surface area contributed by atoms with Gasteiger partial charge in [0.15, 0.2) is 11.5 Å². The van der Waals surface area contributed by atoms with Crippen molar-refractivity contribution in [3.05, 3.63) is 89.5 Å².